The summed E-state index contributed by atoms with van der Waals surface area (Å²) in [6, 6.07) is 13.9. The molecule has 2 aromatic rings. The minimum Gasteiger partial charge on any atom is -0.497 e. The second kappa shape index (κ2) is 8.53. The third kappa shape index (κ3) is 5.50. The Morgan fingerprint density at radius 2 is 1.64 bits per heavy atom. The van der Waals surface area contributed by atoms with E-state index in [9.17, 15) is 4.79 Å². The number of hydrogen-bond donors (Lipinski definition) is 0. The zero-order valence-electron chi connectivity index (χ0n) is 14.3. The smallest absolute Gasteiger partial charge is 0.343 e. The molecule has 25 heavy (non-hydrogen) atoms. The van der Waals surface area contributed by atoms with E-state index in [2.05, 4.69) is 0 Å². The second-order valence-corrected chi connectivity index (χ2v) is 5.89. The van der Waals surface area contributed by atoms with Crippen LogP contribution in [0.2, 0.25) is 0 Å². The number of ether oxygens (including phenoxy) is 4. The minimum atomic E-state index is -0.404. The van der Waals surface area contributed by atoms with Gasteiger partial charge in [0.1, 0.15) is 17.2 Å². The predicted octanol–water partition coefficient (Wildman–Crippen LogP) is 3.86. The van der Waals surface area contributed by atoms with E-state index in [0.29, 0.717) is 29.8 Å². The van der Waals surface area contributed by atoms with Gasteiger partial charge < -0.3 is 18.9 Å². The average Bonchev–Trinajstić information content (AvgIpc) is 3.47. The Balaban J connectivity index is 1.43. The first-order valence-electron chi connectivity index (χ1n) is 8.45. The summed E-state index contributed by atoms with van der Waals surface area (Å²) in [5, 5.41) is 0. The van der Waals surface area contributed by atoms with E-state index < -0.39 is 5.97 Å². The Morgan fingerprint density at radius 3 is 2.28 bits per heavy atom. The maximum Gasteiger partial charge on any atom is 0.343 e. The number of carbonyl (C=O) groups is 1. The van der Waals surface area contributed by atoms with Crippen LogP contribution in [0.25, 0.3) is 0 Å². The van der Waals surface area contributed by atoms with Crippen LogP contribution in [0.3, 0.4) is 0 Å². The van der Waals surface area contributed by atoms with Gasteiger partial charge >= 0.3 is 5.97 Å². The molecule has 0 N–H and O–H groups in total. The molecule has 1 aliphatic heterocycles. The van der Waals surface area contributed by atoms with Crippen molar-refractivity contribution < 1.29 is 23.7 Å². The maximum absolute atomic E-state index is 12.1. The third-order valence-corrected chi connectivity index (χ3v) is 3.95. The second-order valence-electron chi connectivity index (χ2n) is 5.89. The van der Waals surface area contributed by atoms with Crippen molar-refractivity contribution in [3.05, 3.63) is 54.1 Å². The molecule has 0 aromatic heterocycles. The fourth-order valence-corrected chi connectivity index (χ4v) is 2.40. The Hall–Kier alpha value is -2.53. The van der Waals surface area contributed by atoms with Crippen LogP contribution >= 0.6 is 0 Å². The Kier molecular flexibility index (Phi) is 5.90. The number of epoxide rings is 1. The van der Waals surface area contributed by atoms with Crippen LogP contribution in [0, 0.1) is 0 Å². The van der Waals surface area contributed by atoms with E-state index in [4.69, 9.17) is 18.9 Å². The first-order valence-corrected chi connectivity index (χ1v) is 8.45. The van der Waals surface area contributed by atoms with Crippen LogP contribution in [0.15, 0.2) is 48.5 Å². The fraction of sp³-hybridized carbons (Fsp3) is 0.350. The normalized spacial score (nSPS) is 15.5. The molecule has 1 atom stereocenters. The van der Waals surface area contributed by atoms with E-state index in [1.165, 1.54) is 0 Å². The number of esters is 1. The van der Waals surface area contributed by atoms with E-state index in [0.717, 1.165) is 31.6 Å². The number of unbranched alkanes of at least 4 members (excludes halogenated alkanes) is 1. The molecule has 0 bridgehead atoms. The molecule has 5 nitrogen and oxygen atoms in total. The standard InChI is InChI=1S/C20H22O5/c1-22-16-7-5-15(6-8-16)20(21)25-18-11-9-17(10-12-18)23-13-3-2-4-19-14-24-19/h5-12,19H,2-4,13-14H2,1H3. The predicted molar refractivity (Wildman–Crippen MR) is 93.5 cm³/mol. The van der Waals surface area contributed by atoms with Crippen molar-refractivity contribution in [2.75, 3.05) is 20.3 Å². The van der Waals surface area contributed by atoms with Crippen molar-refractivity contribution >= 4 is 5.97 Å². The number of carbonyl (C=O) groups excluding carboxylic acids is 1. The highest BCUT2D eigenvalue weighted by Gasteiger charge is 2.20. The quantitative estimate of drug-likeness (QED) is 0.300. The summed E-state index contributed by atoms with van der Waals surface area (Å²) >= 11 is 0. The van der Waals surface area contributed by atoms with Crippen LogP contribution in [-0.2, 0) is 4.74 Å². The summed E-state index contributed by atoms with van der Waals surface area (Å²) in [5.74, 6) is 1.55. The van der Waals surface area contributed by atoms with Gasteiger partial charge in [-0.15, -0.1) is 0 Å². The molecule has 1 heterocycles. The molecule has 1 aliphatic rings. The molecule has 3 rings (SSSR count). The topological polar surface area (TPSA) is 57.3 Å². The lowest BCUT2D eigenvalue weighted by atomic mass is 10.2. The van der Waals surface area contributed by atoms with Gasteiger partial charge in [0.2, 0.25) is 0 Å². The summed E-state index contributed by atoms with van der Waals surface area (Å²) in [5.41, 5.74) is 0.473. The van der Waals surface area contributed by atoms with Gasteiger partial charge in [0, 0.05) is 0 Å². The number of methoxy groups -OCH3 is 1. The monoisotopic (exact) mass is 342 g/mol. The zero-order valence-corrected chi connectivity index (χ0v) is 14.3. The molecular weight excluding hydrogens is 320 g/mol. The van der Waals surface area contributed by atoms with Gasteiger partial charge in [-0.25, -0.2) is 4.79 Å². The van der Waals surface area contributed by atoms with Gasteiger partial charge in [-0.3, -0.25) is 0 Å². The first-order chi connectivity index (χ1) is 12.2. The van der Waals surface area contributed by atoms with Crippen molar-refractivity contribution in [3.63, 3.8) is 0 Å². The van der Waals surface area contributed by atoms with Crippen molar-refractivity contribution in [2.45, 2.75) is 25.4 Å². The summed E-state index contributed by atoms with van der Waals surface area (Å²) in [7, 11) is 1.58. The van der Waals surface area contributed by atoms with Crippen LogP contribution in [-0.4, -0.2) is 32.4 Å². The lowest BCUT2D eigenvalue weighted by Crippen LogP contribution is -2.08. The van der Waals surface area contributed by atoms with Gasteiger partial charge in [0.25, 0.3) is 0 Å². The third-order valence-electron chi connectivity index (χ3n) is 3.95. The van der Waals surface area contributed by atoms with Gasteiger partial charge in [0.05, 0.1) is 32.0 Å². The van der Waals surface area contributed by atoms with E-state index in [-0.39, 0.29) is 0 Å². The van der Waals surface area contributed by atoms with Crippen molar-refractivity contribution in [1.29, 1.82) is 0 Å². The molecule has 1 saturated heterocycles. The van der Waals surface area contributed by atoms with Crippen LogP contribution < -0.4 is 14.2 Å². The lowest BCUT2D eigenvalue weighted by Gasteiger charge is -2.08. The molecule has 0 saturated carbocycles. The molecule has 132 valence electrons. The Labute approximate surface area is 147 Å². The van der Waals surface area contributed by atoms with Crippen LogP contribution in [0.5, 0.6) is 17.2 Å². The summed E-state index contributed by atoms with van der Waals surface area (Å²) in [4.78, 5) is 12.1. The van der Waals surface area contributed by atoms with E-state index in [1.807, 2.05) is 0 Å². The van der Waals surface area contributed by atoms with Crippen LogP contribution in [0.1, 0.15) is 29.6 Å². The van der Waals surface area contributed by atoms with Gasteiger partial charge in [0.15, 0.2) is 0 Å². The Morgan fingerprint density at radius 1 is 1.00 bits per heavy atom. The summed E-state index contributed by atoms with van der Waals surface area (Å²) in [6.07, 6.45) is 3.72. The molecular formula is C20H22O5. The van der Waals surface area contributed by atoms with Gasteiger partial charge in [-0.05, 0) is 67.8 Å². The highest BCUT2D eigenvalue weighted by molar-refractivity contribution is 5.91. The van der Waals surface area contributed by atoms with Gasteiger partial charge in [-0.2, -0.15) is 0 Å². The zero-order chi connectivity index (χ0) is 17.5. The molecule has 0 aliphatic carbocycles. The van der Waals surface area contributed by atoms with E-state index in [1.54, 1.807) is 55.6 Å². The Bertz CT molecular complexity index is 674. The lowest BCUT2D eigenvalue weighted by molar-refractivity contribution is 0.0734. The SMILES string of the molecule is COc1ccc(C(=O)Oc2ccc(OCCCCC3CO3)cc2)cc1. The number of benzene rings is 2. The maximum atomic E-state index is 12.1. The molecule has 0 amide bonds. The fourth-order valence-electron chi connectivity index (χ4n) is 2.40. The van der Waals surface area contributed by atoms with Gasteiger partial charge in [-0.1, -0.05) is 0 Å². The molecule has 1 unspecified atom stereocenters. The summed E-state index contributed by atoms with van der Waals surface area (Å²) in [6.45, 7) is 1.59. The molecule has 2 aromatic carbocycles. The number of rotatable bonds is 9. The molecule has 0 spiro atoms. The summed E-state index contributed by atoms with van der Waals surface area (Å²) < 4.78 is 21.3. The first kappa shape index (κ1) is 17.3. The molecule has 1 fully saturated rings. The number of hydrogen-bond acceptors (Lipinski definition) is 5. The van der Waals surface area contributed by atoms with Crippen LogP contribution in [0.4, 0.5) is 0 Å². The highest BCUT2D eigenvalue weighted by Crippen LogP contribution is 2.20. The van der Waals surface area contributed by atoms with E-state index >= 15 is 0 Å². The van der Waals surface area contributed by atoms with Crippen molar-refractivity contribution in [1.82, 2.24) is 0 Å². The molecule has 5 heteroatoms. The van der Waals surface area contributed by atoms with Crippen molar-refractivity contribution in [2.24, 2.45) is 0 Å². The largest absolute Gasteiger partial charge is 0.497 e. The minimum absolute atomic E-state index is 0.404. The average molecular weight is 342 g/mol. The highest BCUT2D eigenvalue weighted by atomic mass is 16.6. The molecule has 0 radical (unpaired) electrons. The van der Waals surface area contributed by atoms with Crippen molar-refractivity contribution in [3.8, 4) is 17.2 Å².